The second kappa shape index (κ2) is 5.08. The van der Waals surface area contributed by atoms with Gasteiger partial charge < -0.3 is 10.4 Å². The molecule has 0 saturated carbocycles. The van der Waals surface area contributed by atoms with E-state index < -0.39 is 5.97 Å². The minimum absolute atomic E-state index is 0.189. The molecule has 5 nitrogen and oxygen atoms in total. The lowest BCUT2D eigenvalue weighted by molar-refractivity contribution is 0.0690. The molecule has 2 aromatic rings. The fraction of sp³-hybridized carbons (Fsp3) is 0.385. The number of aromatic nitrogens is 2. The molecule has 0 aliphatic heterocycles. The summed E-state index contributed by atoms with van der Waals surface area (Å²) < 4.78 is 1.58. The molecule has 2 rings (SSSR count). The van der Waals surface area contributed by atoms with Crippen molar-refractivity contribution < 1.29 is 9.90 Å². The number of aromatic carboxylic acids is 1. The summed E-state index contributed by atoms with van der Waals surface area (Å²) >= 11 is 0. The van der Waals surface area contributed by atoms with Crippen molar-refractivity contribution in [2.45, 2.75) is 20.3 Å². The van der Waals surface area contributed by atoms with Crippen LogP contribution in [0.2, 0.25) is 0 Å². The Kier molecular flexibility index (Phi) is 3.50. The van der Waals surface area contributed by atoms with E-state index >= 15 is 0 Å². The second-order valence-electron chi connectivity index (χ2n) is 4.65. The topological polar surface area (TPSA) is 66.6 Å². The smallest absolute Gasteiger partial charge is 0.356 e. The number of rotatable bonds is 5. The monoisotopic (exact) mass is 247 g/mol. The Labute approximate surface area is 105 Å². The van der Waals surface area contributed by atoms with E-state index in [-0.39, 0.29) is 5.69 Å². The zero-order chi connectivity index (χ0) is 13.1. The summed E-state index contributed by atoms with van der Waals surface area (Å²) in [5.41, 5.74) is 0.830. The van der Waals surface area contributed by atoms with Crippen LogP contribution in [0.5, 0.6) is 0 Å². The summed E-state index contributed by atoms with van der Waals surface area (Å²) in [6.45, 7) is 4.98. The largest absolute Gasteiger partial charge is 0.476 e. The number of nitrogens with zero attached hydrogens (tertiary/aromatic N) is 2. The summed E-state index contributed by atoms with van der Waals surface area (Å²) in [6.07, 6.45) is 2.69. The zero-order valence-electron chi connectivity index (χ0n) is 10.6. The number of nitrogens with one attached hydrogen (secondary N) is 1. The standard InChI is InChI=1S/C13H17N3O2/c1-9(2)6-7-14-12-11(13(17)18)16-8-4-3-5-10(16)15-12/h3-5,8-9,14H,6-7H2,1-2H3,(H,17,18). The van der Waals surface area contributed by atoms with Crippen molar-refractivity contribution in [2.24, 2.45) is 5.92 Å². The van der Waals surface area contributed by atoms with Gasteiger partial charge in [0.1, 0.15) is 5.65 Å². The summed E-state index contributed by atoms with van der Waals surface area (Å²) in [5, 5.41) is 12.4. The van der Waals surface area contributed by atoms with Crippen molar-refractivity contribution in [3.8, 4) is 0 Å². The molecule has 0 spiro atoms. The van der Waals surface area contributed by atoms with Gasteiger partial charge >= 0.3 is 5.97 Å². The van der Waals surface area contributed by atoms with Crippen molar-refractivity contribution in [1.82, 2.24) is 9.38 Å². The number of fused-ring (bicyclic) bond motifs is 1. The molecule has 0 aliphatic rings. The first kappa shape index (κ1) is 12.4. The van der Waals surface area contributed by atoms with E-state index in [1.54, 1.807) is 22.7 Å². The van der Waals surface area contributed by atoms with Gasteiger partial charge in [0.25, 0.3) is 0 Å². The van der Waals surface area contributed by atoms with Crippen LogP contribution >= 0.6 is 0 Å². The van der Waals surface area contributed by atoms with Gasteiger partial charge in [-0.2, -0.15) is 0 Å². The second-order valence-corrected chi connectivity index (χ2v) is 4.65. The maximum absolute atomic E-state index is 11.3. The molecule has 96 valence electrons. The van der Waals surface area contributed by atoms with Crippen LogP contribution in [0, 0.1) is 5.92 Å². The highest BCUT2D eigenvalue weighted by Crippen LogP contribution is 2.17. The fourth-order valence-corrected chi connectivity index (χ4v) is 1.80. The minimum Gasteiger partial charge on any atom is -0.476 e. The number of carbonyl (C=O) groups is 1. The molecule has 0 unspecified atom stereocenters. The lowest BCUT2D eigenvalue weighted by Gasteiger charge is -2.06. The molecule has 0 atom stereocenters. The summed E-state index contributed by atoms with van der Waals surface area (Å²) in [7, 11) is 0. The Morgan fingerprint density at radius 2 is 2.28 bits per heavy atom. The van der Waals surface area contributed by atoms with E-state index in [1.807, 2.05) is 6.07 Å². The molecule has 0 aliphatic carbocycles. The SMILES string of the molecule is CC(C)CCNc1nc2ccccn2c1C(=O)O. The molecule has 2 heterocycles. The van der Waals surface area contributed by atoms with E-state index in [1.165, 1.54) is 0 Å². The Hall–Kier alpha value is -2.04. The highest BCUT2D eigenvalue weighted by molar-refractivity contribution is 5.92. The summed E-state index contributed by atoms with van der Waals surface area (Å²) in [5.74, 6) is 0.0397. The number of carboxylic acids is 1. The molecule has 5 heteroatoms. The maximum atomic E-state index is 11.3. The predicted octanol–water partition coefficient (Wildman–Crippen LogP) is 2.49. The average Bonchev–Trinajstić information content (AvgIpc) is 2.66. The lowest BCUT2D eigenvalue weighted by atomic mass is 10.1. The summed E-state index contributed by atoms with van der Waals surface area (Å²) in [4.78, 5) is 15.6. The summed E-state index contributed by atoms with van der Waals surface area (Å²) in [6, 6.07) is 5.42. The van der Waals surface area contributed by atoms with Crippen LogP contribution in [0.3, 0.4) is 0 Å². The molecule has 0 amide bonds. The van der Waals surface area contributed by atoms with Crippen LogP contribution in [0.25, 0.3) is 5.65 Å². The molecular weight excluding hydrogens is 230 g/mol. The number of pyridine rings is 1. The molecule has 0 fully saturated rings. The van der Waals surface area contributed by atoms with E-state index in [2.05, 4.69) is 24.1 Å². The molecule has 0 saturated heterocycles. The molecule has 18 heavy (non-hydrogen) atoms. The third-order valence-electron chi connectivity index (χ3n) is 2.75. The average molecular weight is 247 g/mol. The van der Waals surface area contributed by atoms with Gasteiger partial charge in [0.05, 0.1) is 0 Å². The van der Waals surface area contributed by atoms with Gasteiger partial charge in [0.2, 0.25) is 0 Å². The Balaban J connectivity index is 2.31. The van der Waals surface area contributed by atoms with E-state index in [9.17, 15) is 9.90 Å². The van der Waals surface area contributed by atoms with Crippen LogP contribution in [0.4, 0.5) is 5.82 Å². The molecule has 0 bridgehead atoms. The van der Waals surface area contributed by atoms with Gasteiger partial charge in [-0.05, 0) is 24.5 Å². The predicted molar refractivity (Wildman–Crippen MR) is 70.1 cm³/mol. The van der Waals surface area contributed by atoms with Gasteiger partial charge in [0.15, 0.2) is 11.5 Å². The first-order chi connectivity index (χ1) is 8.59. The normalized spacial score (nSPS) is 11.1. The first-order valence-electron chi connectivity index (χ1n) is 6.04. The first-order valence-corrected chi connectivity index (χ1v) is 6.04. The van der Waals surface area contributed by atoms with Crippen molar-refractivity contribution in [3.63, 3.8) is 0 Å². The van der Waals surface area contributed by atoms with E-state index in [4.69, 9.17) is 0 Å². The highest BCUT2D eigenvalue weighted by Gasteiger charge is 2.17. The number of hydrogen-bond donors (Lipinski definition) is 2. The van der Waals surface area contributed by atoms with Crippen molar-refractivity contribution >= 4 is 17.4 Å². The van der Waals surface area contributed by atoms with Crippen molar-refractivity contribution in [3.05, 3.63) is 30.1 Å². The van der Waals surface area contributed by atoms with Crippen LogP contribution in [-0.2, 0) is 0 Å². The van der Waals surface area contributed by atoms with Crippen LogP contribution in [-0.4, -0.2) is 27.0 Å². The van der Waals surface area contributed by atoms with Crippen LogP contribution in [0.15, 0.2) is 24.4 Å². The Morgan fingerprint density at radius 3 is 2.94 bits per heavy atom. The molecular formula is C13H17N3O2. The van der Waals surface area contributed by atoms with Gasteiger partial charge in [-0.3, -0.25) is 4.40 Å². The minimum atomic E-state index is -0.972. The number of imidazole rings is 1. The molecule has 0 radical (unpaired) electrons. The molecule has 2 N–H and O–H groups in total. The van der Waals surface area contributed by atoms with E-state index in [0.717, 1.165) is 13.0 Å². The third kappa shape index (κ3) is 2.45. The quantitative estimate of drug-likeness (QED) is 0.851. The number of carboxylic acid groups (broad SMARTS) is 1. The van der Waals surface area contributed by atoms with Gasteiger partial charge in [0, 0.05) is 12.7 Å². The van der Waals surface area contributed by atoms with Crippen molar-refractivity contribution in [2.75, 3.05) is 11.9 Å². The fourth-order valence-electron chi connectivity index (χ4n) is 1.80. The zero-order valence-corrected chi connectivity index (χ0v) is 10.6. The molecule has 2 aromatic heterocycles. The van der Waals surface area contributed by atoms with Crippen LogP contribution < -0.4 is 5.32 Å². The van der Waals surface area contributed by atoms with Gasteiger partial charge in [-0.15, -0.1) is 0 Å². The Bertz CT molecular complexity index is 560. The van der Waals surface area contributed by atoms with Crippen molar-refractivity contribution in [1.29, 1.82) is 0 Å². The Morgan fingerprint density at radius 1 is 1.50 bits per heavy atom. The van der Waals surface area contributed by atoms with Gasteiger partial charge in [-0.25, -0.2) is 9.78 Å². The molecule has 0 aromatic carbocycles. The number of hydrogen-bond acceptors (Lipinski definition) is 3. The lowest BCUT2D eigenvalue weighted by Crippen LogP contribution is -2.10. The van der Waals surface area contributed by atoms with Crippen LogP contribution in [0.1, 0.15) is 30.8 Å². The maximum Gasteiger partial charge on any atom is 0.356 e. The van der Waals surface area contributed by atoms with Gasteiger partial charge in [-0.1, -0.05) is 19.9 Å². The number of anilines is 1. The highest BCUT2D eigenvalue weighted by atomic mass is 16.4. The van der Waals surface area contributed by atoms with E-state index in [0.29, 0.717) is 17.4 Å². The third-order valence-corrected chi connectivity index (χ3v) is 2.75.